The summed E-state index contributed by atoms with van der Waals surface area (Å²) in [7, 11) is 0. The van der Waals surface area contributed by atoms with Gasteiger partial charge in [-0.3, -0.25) is 20.4 Å². The number of carbonyl (C=O) groups is 2. The average molecular weight is 380 g/mol. The SMILES string of the molecule is O=C(NNC(=O)c1cccs1)c1ccc(-c2cccc(C(F)(F)F)c2)o1. The third-order valence-electron chi connectivity index (χ3n) is 3.34. The molecule has 0 aliphatic carbocycles. The molecule has 2 amide bonds. The van der Waals surface area contributed by atoms with Gasteiger partial charge < -0.3 is 4.42 Å². The summed E-state index contributed by atoms with van der Waals surface area (Å²) in [4.78, 5) is 24.2. The molecule has 0 radical (unpaired) electrons. The summed E-state index contributed by atoms with van der Waals surface area (Å²) in [6.07, 6.45) is -4.48. The second-order valence-corrected chi connectivity index (χ2v) is 6.08. The Hall–Kier alpha value is -3.07. The van der Waals surface area contributed by atoms with Gasteiger partial charge in [-0.05, 0) is 35.7 Å². The van der Waals surface area contributed by atoms with E-state index in [4.69, 9.17) is 4.42 Å². The number of benzene rings is 1. The van der Waals surface area contributed by atoms with E-state index < -0.39 is 23.6 Å². The zero-order valence-electron chi connectivity index (χ0n) is 13.0. The van der Waals surface area contributed by atoms with Crippen LogP contribution >= 0.6 is 11.3 Å². The van der Waals surface area contributed by atoms with Crippen LogP contribution in [0.5, 0.6) is 0 Å². The molecule has 2 heterocycles. The fourth-order valence-electron chi connectivity index (χ4n) is 2.11. The van der Waals surface area contributed by atoms with Crippen LogP contribution in [0.4, 0.5) is 13.2 Å². The fourth-order valence-corrected chi connectivity index (χ4v) is 2.73. The molecule has 9 heteroatoms. The molecule has 0 spiro atoms. The van der Waals surface area contributed by atoms with Gasteiger partial charge in [0.05, 0.1) is 10.4 Å². The van der Waals surface area contributed by atoms with Crippen molar-refractivity contribution >= 4 is 23.2 Å². The smallest absolute Gasteiger partial charge is 0.416 e. The second kappa shape index (κ2) is 7.04. The van der Waals surface area contributed by atoms with Crippen LogP contribution in [0.25, 0.3) is 11.3 Å². The van der Waals surface area contributed by atoms with Crippen LogP contribution in [0, 0.1) is 0 Å². The van der Waals surface area contributed by atoms with E-state index in [0.717, 1.165) is 12.1 Å². The van der Waals surface area contributed by atoms with Crippen LogP contribution in [0.3, 0.4) is 0 Å². The highest BCUT2D eigenvalue weighted by atomic mass is 32.1. The lowest BCUT2D eigenvalue weighted by atomic mass is 10.1. The van der Waals surface area contributed by atoms with Crippen molar-refractivity contribution < 1.29 is 27.2 Å². The van der Waals surface area contributed by atoms with E-state index in [9.17, 15) is 22.8 Å². The number of hydrazine groups is 1. The van der Waals surface area contributed by atoms with Crippen molar-refractivity contribution in [3.8, 4) is 11.3 Å². The zero-order chi connectivity index (χ0) is 18.7. The molecule has 0 unspecified atom stereocenters. The van der Waals surface area contributed by atoms with E-state index >= 15 is 0 Å². The van der Waals surface area contributed by atoms with Gasteiger partial charge in [-0.25, -0.2) is 0 Å². The van der Waals surface area contributed by atoms with Crippen molar-refractivity contribution in [3.05, 3.63) is 70.1 Å². The highest BCUT2D eigenvalue weighted by molar-refractivity contribution is 7.12. The van der Waals surface area contributed by atoms with Crippen molar-refractivity contribution in [2.45, 2.75) is 6.18 Å². The molecule has 0 saturated carbocycles. The highest BCUT2D eigenvalue weighted by Crippen LogP contribution is 2.32. The third-order valence-corrected chi connectivity index (χ3v) is 4.21. The molecule has 0 aliphatic heterocycles. The lowest BCUT2D eigenvalue weighted by Gasteiger charge is -2.07. The standard InChI is InChI=1S/C17H11F3N2O3S/c18-17(19,20)11-4-1-3-10(9-11)12-6-7-13(25-12)15(23)21-22-16(24)14-5-2-8-26-14/h1-9H,(H,21,23)(H,22,24). The van der Waals surface area contributed by atoms with Gasteiger partial charge in [0.15, 0.2) is 5.76 Å². The van der Waals surface area contributed by atoms with Gasteiger partial charge >= 0.3 is 12.1 Å². The second-order valence-electron chi connectivity index (χ2n) is 5.13. The average Bonchev–Trinajstić information content (AvgIpc) is 3.30. The molecule has 26 heavy (non-hydrogen) atoms. The van der Waals surface area contributed by atoms with Crippen molar-refractivity contribution in [3.63, 3.8) is 0 Å². The van der Waals surface area contributed by atoms with Crippen LogP contribution < -0.4 is 10.9 Å². The van der Waals surface area contributed by atoms with Crippen molar-refractivity contribution in [1.82, 2.24) is 10.9 Å². The topological polar surface area (TPSA) is 71.3 Å². The molecular weight excluding hydrogens is 369 g/mol. The minimum Gasteiger partial charge on any atom is -0.451 e. The fraction of sp³-hybridized carbons (Fsp3) is 0.0588. The Labute approximate surface area is 149 Å². The summed E-state index contributed by atoms with van der Waals surface area (Å²) < 4.78 is 43.6. The first-order chi connectivity index (χ1) is 12.3. The number of furan rings is 1. The number of thiophene rings is 1. The lowest BCUT2D eigenvalue weighted by Crippen LogP contribution is -2.41. The Balaban J connectivity index is 1.69. The molecule has 1 aromatic carbocycles. The summed E-state index contributed by atoms with van der Waals surface area (Å²) in [5.74, 6) is -1.26. The number of hydrogen-bond acceptors (Lipinski definition) is 4. The van der Waals surface area contributed by atoms with Gasteiger partial charge in [-0.15, -0.1) is 11.3 Å². The maximum Gasteiger partial charge on any atom is 0.416 e. The first-order valence-electron chi connectivity index (χ1n) is 7.26. The molecule has 0 fully saturated rings. The third kappa shape index (κ3) is 3.94. The van der Waals surface area contributed by atoms with Crippen molar-refractivity contribution in [2.75, 3.05) is 0 Å². The van der Waals surface area contributed by atoms with E-state index in [1.54, 1.807) is 17.5 Å². The van der Waals surface area contributed by atoms with Gasteiger partial charge in [0, 0.05) is 5.56 Å². The molecular formula is C17H11F3N2O3S. The summed E-state index contributed by atoms with van der Waals surface area (Å²) >= 11 is 1.20. The molecule has 0 saturated heterocycles. The molecule has 134 valence electrons. The normalized spacial score (nSPS) is 11.2. The molecule has 3 rings (SSSR count). The van der Waals surface area contributed by atoms with Crippen LogP contribution in [0.15, 0.2) is 58.3 Å². The van der Waals surface area contributed by atoms with Crippen molar-refractivity contribution in [1.29, 1.82) is 0 Å². The number of amides is 2. The highest BCUT2D eigenvalue weighted by Gasteiger charge is 2.30. The summed E-state index contributed by atoms with van der Waals surface area (Å²) in [6, 6.07) is 10.5. The predicted molar refractivity (Wildman–Crippen MR) is 88.4 cm³/mol. The molecule has 2 aromatic heterocycles. The quantitative estimate of drug-likeness (QED) is 0.672. The van der Waals surface area contributed by atoms with Gasteiger partial charge in [0.2, 0.25) is 0 Å². The first kappa shape index (κ1) is 17.7. The van der Waals surface area contributed by atoms with Crippen LogP contribution in [-0.2, 0) is 6.18 Å². The number of rotatable bonds is 3. The van der Waals surface area contributed by atoms with Gasteiger partial charge in [-0.1, -0.05) is 18.2 Å². The van der Waals surface area contributed by atoms with E-state index in [1.807, 2.05) is 0 Å². The van der Waals surface area contributed by atoms with Crippen LogP contribution in [0.2, 0.25) is 0 Å². The number of nitrogens with one attached hydrogen (secondary N) is 2. The van der Waals surface area contributed by atoms with Gasteiger partial charge in [0.25, 0.3) is 5.91 Å². The Bertz CT molecular complexity index is 933. The monoisotopic (exact) mass is 380 g/mol. The first-order valence-corrected chi connectivity index (χ1v) is 8.14. The van der Waals surface area contributed by atoms with Gasteiger partial charge in [0.1, 0.15) is 5.76 Å². The maximum atomic E-state index is 12.8. The predicted octanol–water partition coefficient (Wildman–Crippen LogP) is 4.10. The Morgan fingerprint density at radius 2 is 1.73 bits per heavy atom. The van der Waals surface area contributed by atoms with Crippen LogP contribution in [-0.4, -0.2) is 11.8 Å². The Kier molecular flexibility index (Phi) is 4.81. The van der Waals surface area contributed by atoms with Crippen LogP contribution in [0.1, 0.15) is 25.8 Å². The van der Waals surface area contributed by atoms with E-state index in [2.05, 4.69) is 10.9 Å². The van der Waals surface area contributed by atoms with Crippen molar-refractivity contribution in [2.24, 2.45) is 0 Å². The minimum absolute atomic E-state index is 0.103. The molecule has 3 aromatic rings. The number of halogens is 3. The molecule has 0 bridgehead atoms. The Morgan fingerprint density at radius 3 is 2.42 bits per heavy atom. The number of alkyl halides is 3. The molecule has 5 nitrogen and oxygen atoms in total. The Morgan fingerprint density at radius 1 is 0.962 bits per heavy atom. The molecule has 2 N–H and O–H groups in total. The van der Waals surface area contributed by atoms with E-state index in [1.165, 1.54) is 35.6 Å². The van der Waals surface area contributed by atoms with E-state index in [0.29, 0.717) is 4.88 Å². The number of carbonyl (C=O) groups excluding carboxylic acids is 2. The molecule has 0 aliphatic rings. The summed E-state index contributed by atoms with van der Waals surface area (Å²) in [6.45, 7) is 0. The number of hydrogen-bond donors (Lipinski definition) is 2. The summed E-state index contributed by atoms with van der Waals surface area (Å²) in [5, 5.41) is 1.71. The lowest BCUT2D eigenvalue weighted by molar-refractivity contribution is -0.137. The zero-order valence-corrected chi connectivity index (χ0v) is 13.8. The van der Waals surface area contributed by atoms with Gasteiger partial charge in [-0.2, -0.15) is 13.2 Å². The van der Waals surface area contributed by atoms with E-state index in [-0.39, 0.29) is 17.1 Å². The maximum absolute atomic E-state index is 12.8. The largest absolute Gasteiger partial charge is 0.451 e. The molecule has 0 atom stereocenters. The minimum atomic E-state index is -4.48. The summed E-state index contributed by atoms with van der Waals surface area (Å²) in [5.41, 5.74) is 3.77.